The van der Waals surface area contributed by atoms with Crippen molar-refractivity contribution in [2.75, 3.05) is 77.6 Å². The van der Waals surface area contributed by atoms with Gasteiger partial charge < -0.3 is 39.4 Å². The summed E-state index contributed by atoms with van der Waals surface area (Å²) in [4.78, 5) is 18.0. The second-order valence-electron chi connectivity index (χ2n) is 4.58. The third-order valence-corrected chi connectivity index (χ3v) is 4.25. The van der Waals surface area contributed by atoms with Crippen LogP contribution in [0, 0.1) is 0 Å². The van der Waals surface area contributed by atoms with Crippen molar-refractivity contribution in [2.24, 2.45) is 0 Å². The van der Waals surface area contributed by atoms with Crippen LogP contribution in [0.15, 0.2) is 0 Å². The van der Waals surface area contributed by atoms with Gasteiger partial charge in [0.15, 0.2) is 0 Å². The van der Waals surface area contributed by atoms with E-state index in [1.807, 2.05) is 0 Å². The molecule has 0 aromatic rings. The largest absolute Gasteiger partial charge is 0.481 e. The summed E-state index contributed by atoms with van der Waals surface area (Å²) >= 11 is 0. The molecule has 0 saturated carbocycles. The van der Waals surface area contributed by atoms with Crippen molar-refractivity contribution in [3.63, 3.8) is 0 Å². The van der Waals surface area contributed by atoms with Gasteiger partial charge in [-0.2, -0.15) is 0 Å². The molecule has 0 aliphatic carbocycles. The predicted molar refractivity (Wildman–Crippen MR) is 109 cm³/mol. The van der Waals surface area contributed by atoms with E-state index >= 15 is 0 Å². The second kappa shape index (κ2) is 31.1. The Labute approximate surface area is 174 Å². The van der Waals surface area contributed by atoms with Crippen LogP contribution in [-0.4, -0.2) is 110 Å². The summed E-state index contributed by atoms with van der Waals surface area (Å²) in [5.74, 6) is 0.203. The van der Waals surface area contributed by atoms with E-state index in [4.69, 9.17) is 49.0 Å². The fourth-order valence-corrected chi connectivity index (χ4v) is 2.80. The maximum Gasteiger partial charge on any atom is 0.300 e. The molecule has 12 heteroatoms. The highest BCUT2D eigenvalue weighted by atomic mass is 33.1. The minimum absolute atomic E-state index is 0.0577. The summed E-state index contributed by atoms with van der Waals surface area (Å²) in [6.45, 7) is 6.65. The van der Waals surface area contributed by atoms with Crippen molar-refractivity contribution < 1.29 is 49.0 Å². The van der Waals surface area contributed by atoms with E-state index in [0.717, 1.165) is 25.4 Å². The van der Waals surface area contributed by atoms with Crippen molar-refractivity contribution in [3.05, 3.63) is 0 Å². The topological polar surface area (TPSA) is 152 Å². The number of carbonyl (C=O) groups is 2. The molecule has 0 aliphatic heterocycles. The molecule has 28 heavy (non-hydrogen) atoms. The van der Waals surface area contributed by atoms with E-state index in [9.17, 15) is 0 Å². The Morgan fingerprint density at radius 1 is 0.607 bits per heavy atom. The fraction of sp³-hybridized carbons (Fsp3) is 0.875. The Morgan fingerprint density at radius 3 is 1.11 bits per heavy atom. The molecule has 0 heterocycles. The van der Waals surface area contributed by atoms with E-state index in [-0.39, 0.29) is 13.2 Å². The van der Waals surface area contributed by atoms with Crippen molar-refractivity contribution in [1.29, 1.82) is 0 Å². The molecule has 0 aromatic heterocycles. The van der Waals surface area contributed by atoms with E-state index in [1.54, 1.807) is 21.6 Å². The molecule has 0 fully saturated rings. The minimum Gasteiger partial charge on any atom is -0.481 e. The van der Waals surface area contributed by atoms with Crippen LogP contribution in [0.3, 0.4) is 0 Å². The van der Waals surface area contributed by atoms with E-state index in [0.29, 0.717) is 52.9 Å². The van der Waals surface area contributed by atoms with E-state index in [2.05, 4.69) is 0 Å². The van der Waals surface area contributed by atoms with Crippen LogP contribution in [0.1, 0.15) is 13.8 Å². The van der Waals surface area contributed by atoms with Gasteiger partial charge in [-0.15, -0.1) is 0 Å². The summed E-state index contributed by atoms with van der Waals surface area (Å²) < 4.78 is 20.8. The number of hydrogen-bond donors (Lipinski definition) is 4. The number of hydrogen-bond acceptors (Lipinski definition) is 10. The summed E-state index contributed by atoms with van der Waals surface area (Å²) in [6, 6.07) is 0. The second-order valence-corrected chi connectivity index (χ2v) is 7.28. The van der Waals surface area contributed by atoms with E-state index < -0.39 is 11.9 Å². The molecule has 0 amide bonds. The zero-order chi connectivity index (χ0) is 21.9. The van der Waals surface area contributed by atoms with Gasteiger partial charge in [0.2, 0.25) is 0 Å². The number of carboxylic acid groups (broad SMARTS) is 2. The zero-order valence-corrected chi connectivity index (χ0v) is 18.2. The monoisotopic (exact) mass is 450 g/mol. The lowest BCUT2D eigenvalue weighted by Gasteiger charge is -2.05. The number of carboxylic acids is 2. The van der Waals surface area contributed by atoms with Gasteiger partial charge in [-0.25, -0.2) is 0 Å². The third kappa shape index (κ3) is 56.2. The SMILES string of the molecule is CC(=O)O.CC(=O)O.OCCOCCOCCSSCCOCCOCCO. The Bertz CT molecular complexity index is 284. The summed E-state index contributed by atoms with van der Waals surface area (Å²) in [6.07, 6.45) is 0. The minimum atomic E-state index is -0.833. The number of ether oxygens (including phenoxy) is 4. The standard InChI is InChI=1S/C12H26O6S2.2C2H4O2/c13-1-3-15-5-7-17-9-11-19-20-12-10-18-8-6-16-4-2-14;2*1-2(3)4/h13-14H,1-12H2;2*1H3,(H,3,4). The number of aliphatic hydroxyl groups is 2. The van der Waals surface area contributed by atoms with Crippen LogP contribution < -0.4 is 0 Å². The zero-order valence-electron chi connectivity index (χ0n) is 16.5. The van der Waals surface area contributed by atoms with Gasteiger partial charge in [0, 0.05) is 25.4 Å². The smallest absolute Gasteiger partial charge is 0.300 e. The maximum atomic E-state index is 9.00. The predicted octanol–water partition coefficient (Wildman–Crippen LogP) is 0.601. The quantitative estimate of drug-likeness (QED) is 0.181. The Kier molecular flexibility index (Phi) is 35.6. The van der Waals surface area contributed by atoms with Gasteiger partial charge in [-0.1, -0.05) is 21.6 Å². The number of rotatable bonds is 17. The van der Waals surface area contributed by atoms with Crippen molar-refractivity contribution in [2.45, 2.75) is 13.8 Å². The lowest BCUT2D eigenvalue weighted by atomic mass is 10.7. The Morgan fingerprint density at radius 2 is 0.857 bits per heavy atom. The molecule has 0 spiro atoms. The highest BCUT2D eigenvalue weighted by molar-refractivity contribution is 8.76. The van der Waals surface area contributed by atoms with Crippen molar-refractivity contribution >= 4 is 33.5 Å². The van der Waals surface area contributed by atoms with Crippen LogP contribution >= 0.6 is 21.6 Å². The molecule has 0 unspecified atom stereocenters. The van der Waals surface area contributed by atoms with Gasteiger partial charge in [-0.3, -0.25) is 9.59 Å². The molecule has 0 radical (unpaired) electrons. The van der Waals surface area contributed by atoms with Gasteiger partial charge in [-0.05, 0) is 0 Å². The highest BCUT2D eigenvalue weighted by Gasteiger charge is 1.94. The first-order valence-corrected chi connectivity index (χ1v) is 11.0. The van der Waals surface area contributed by atoms with E-state index in [1.165, 1.54) is 0 Å². The lowest BCUT2D eigenvalue weighted by molar-refractivity contribution is -0.135. The number of aliphatic hydroxyl groups excluding tert-OH is 2. The number of aliphatic carboxylic acids is 2. The summed E-state index contributed by atoms with van der Waals surface area (Å²) in [5, 5.41) is 31.8. The first kappa shape index (κ1) is 32.1. The molecule has 10 nitrogen and oxygen atoms in total. The summed E-state index contributed by atoms with van der Waals surface area (Å²) in [5.41, 5.74) is 0. The van der Waals surface area contributed by atoms with Crippen LogP contribution in [-0.2, 0) is 28.5 Å². The van der Waals surface area contributed by atoms with Gasteiger partial charge >= 0.3 is 0 Å². The molecule has 0 bridgehead atoms. The molecule has 0 aliphatic rings. The highest BCUT2D eigenvalue weighted by Crippen LogP contribution is 2.20. The van der Waals surface area contributed by atoms with Gasteiger partial charge in [0.1, 0.15) is 0 Å². The maximum absolute atomic E-state index is 9.00. The molecule has 170 valence electrons. The first-order chi connectivity index (χ1) is 13.4. The summed E-state index contributed by atoms with van der Waals surface area (Å²) in [7, 11) is 3.52. The van der Waals surface area contributed by atoms with Crippen LogP contribution in [0.5, 0.6) is 0 Å². The fourth-order valence-electron chi connectivity index (χ4n) is 1.08. The molecule has 0 atom stereocenters. The molecule has 4 N–H and O–H groups in total. The van der Waals surface area contributed by atoms with Crippen LogP contribution in [0.25, 0.3) is 0 Å². The first-order valence-electron chi connectivity index (χ1n) is 8.54. The third-order valence-electron chi connectivity index (χ3n) is 1.92. The Balaban J connectivity index is -0.000000656. The van der Waals surface area contributed by atoms with Gasteiger partial charge in [0.25, 0.3) is 11.9 Å². The molecule has 0 rings (SSSR count). The average Bonchev–Trinajstić information content (AvgIpc) is 2.60. The molecule has 0 aromatic carbocycles. The molecule has 0 saturated heterocycles. The lowest BCUT2D eigenvalue weighted by Crippen LogP contribution is -2.09. The van der Waals surface area contributed by atoms with Crippen LogP contribution in [0.4, 0.5) is 0 Å². The van der Waals surface area contributed by atoms with Crippen LogP contribution in [0.2, 0.25) is 0 Å². The van der Waals surface area contributed by atoms with Crippen molar-refractivity contribution in [3.8, 4) is 0 Å². The molecular weight excluding hydrogens is 416 g/mol. The van der Waals surface area contributed by atoms with Crippen molar-refractivity contribution in [1.82, 2.24) is 0 Å². The van der Waals surface area contributed by atoms with Gasteiger partial charge in [0.05, 0.1) is 66.1 Å². The normalized spacial score (nSPS) is 9.71. The molecular formula is C16H34O10S2. The Hall–Kier alpha value is -0.600. The average molecular weight is 451 g/mol.